The molecule has 0 spiro atoms. The van der Waals surface area contributed by atoms with Gasteiger partial charge in [-0.2, -0.15) is 0 Å². The average molecular weight is 303 g/mol. The van der Waals surface area contributed by atoms with Crippen molar-refractivity contribution >= 4 is 0 Å². The van der Waals surface area contributed by atoms with Gasteiger partial charge in [-0.3, -0.25) is 0 Å². The van der Waals surface area contributed by atoms with Gasteiger partial charge in [0.1, 0.15) is 0 Å². The predicted molar refractivity (Wildman–Crippen MR) is 84.0 cm³/mol. The minimum Gasteiger partial charge on any atom is -0.493 e. The molecule has 2 aromatic carbocycles. The lowest BCUT2D eigenvalue weighted by atomic mass is 9.94. The number of benzene rings is 2. The smallest absolute Gasteiger partial charge is 0.221 e. The third-order valence-electron chi connectivity index (χ3n) is 3.52. The summed E-state index contributed by atoms with van der Waals surface area (Å²) < 4.78 is 10.6. The normalized spacial score (nSPS) is 11.3. The van der Waals surface area contributed by atoms with Crippen LogP contribution in [0.5, 0.6) is 11.5 Å². The molecular weight excluding hydrogens is 282 g/mol. The lowest BCUT2D eigenvalue weighted by Gasteiger charge is -2.26. The largest absolute Gasteiger partial charge is 0.493 e. The number of hydrogen-bond donors (Lipinski definition) is 3. The van der Waals surface area contributed by atoms with Crippen molar-refractivity contribution in [2.75, 3.05) is 20.8 Å². The molecule has 0 aliphatic heterocycles. The molecular formula is C17H21NO4. The minimum absolute atomic E-state index is 0.226. The van der Waals surface area contributed by atoms with E-state index in [1.165, 1.54) is 14.2 Å². The summed E-state index contributed by atoms with van der Waals surface area (Å²) in [6.45, 7) is 0.449. The van der Waals surface area contributed by atoms with E-state index in [0.29, 0.717) is 24.3 Å². The van der Waals surface area contributed by atoms with E-state index < -0.39 is 5.79 Å². The zero-order valence-electron chi connectivity index (χ0n) is 12.7. The molecule has 2 rings (SSSR count). The molecule has 5 nitrogen and oxygen atoms in total. The predicted octanol–water partition coefficient (Wildman–Crippen LogP) is 1.39. The van der Waals surface area contributed by atoms with Crippen molar-refractivity contribution in [1.29, 1.82) is 0 Å². The Morgan fingerprint density at radius 3 is 2.27 bits per heavy atom. The van der Waals surface area contributed by atoms with E-state index >= 15 is 0 Å². The summed E-state index contributed by atoms with van der Waals surface area (Å²) in [5.74, 6) is -1.46. The molecule has 2 aromatic rings. The van der Waals surface area contributed by atoms with E-state index in [9.17, 15) is 10.2 Å². The highest BCUT2D eigenvalue weighted by molar-refractivity contribution is 5.53. The summed E-state index contributed by atoms with van der Waals surface area (Å²) in [6.07, 6.45) is 0.595. The molecule has 0 saturated carbocycles. The van der Waals surface area contributed by atoms with E-state index in [1.54, 1.807) is 36.4 Å². The summed E-state index contributed by atoms with van der Waals surface area (Å²) in [7, 11) is 2.97. The Hall–Kier alpha value is -2.08. The van der Waals surface area contributed by atoms with Gasteiger partial charge in [0.2, 0.25) is 5.79 Å². The van der Waals surface area contributed by atoms with Crippen LogP contribution in [-0.4, -0.2) is 31.0 Å². The Bertz CT molecular complexity index is 626. The van der Waals surface area contributed by atoms with E-state index in [2.05, 4.69) is 0 Å². The van der Waals surface area contributed by atoms with Crippen LogP contribution in [0.25, 0.3) is 0 Å². The number of aliphatic hydroxyl groups is 2. The molecule has 0 heterocycles. The van der Waals surface area contributed by atoms with Crippen LogP contribution in [-0.2, 0) is 12.2 Å². The Kier molecular flexibility index (Phi) is 5.03. The van der Waals surface area contributed by atoms with Crippen molar-refractivity contribution in [3.8, 4) is 11.5 Å². The number of nitrogens with two attached hydrogens (primary N) is 1. The van der Waals surface area contributed by atoms with Crippen molar-refractivity contribution in [3.05, 3.63) is 59.2 Å². The molecule has 0 bridgehead atoms. The SMILES string of the molecule is COc1cc(CCN)cc(C(O)(O)c2ccccc2)c1OC. The molecule has 0 aliphatic carbocycles. The quantitative estimate of drug-likeness (QED) is 0.702. The number of methoxy groups -OCH3 is 2. The standard InChI is InChI=1S/C17H21NO4/c1-21-15-11-12(8-9-18)10-14(16(15)22-2)17(19,20)13-6-4-3-5-7-13/h3-7,10-11,19-20H,8-9,18H2,1-2H3. The molecule has 0 aromatic heterocycles. The van der Waals surface area contributed by atoms with Gasteiger partial charge in [0.25, 0.3) is 0 Å². The maximum atomic E-state index is 10.7. The maximum Gasteiger partial charge on any atom is 0.221 e. The maximum absolute atomic E-state index is 10.7. The van der Waals surface area contributed by atoms with Gasteiger partial charge in [-0.25, -0.2) is 0 Å². The number of ether oxygens (including phenoxy) is 2. The van der Waals surface area contributed by atoms with Gasteiger partial charge < -0.3 is 25.4 Å². The summed E-state index contributed by atoms with van der Waals surface area (Å²) in [5, 5.41) is 21.3. The number of hydrogen-bond acceptors (Lipinski definition) is 5. The summed E-state index contributed by atoms with van der Waals surface area (Å²) in [6, 6.07) is 12.0. The minimum atomic E-state index is -2.19. The van der Waals surface area contributed by atoms with Crippen LogP contribution >= 0.6 is 0 Å². The van der Waals surface area contributed by atoms with Gasteiger partial charge in [0, 0.05) is 5.56 Å². The second kappa shape index (κ2) is 6.79. The zero-order chi connectivity index (χ0) is 16.2. The van der Waals surface area contributed by atoms with Gasteiger partial charge in [0.05, 0.1) is 19.8 Å². The van der Waals surface area contributed by atoms with Crippen LogP contribution in [0.3, 0.4) is 0 Å². The van der Waals surface area contributed by atoms with Gasteiger partial charge >= 0.3 is 0 Å². The summed E-state index contributed by atoms with van der Waals surface area (Å²) in [4.78, 5) is 0. The van der Waals surface area contributed by atoms with Crippen LogP contribution in [0.2, 0.25) is 0 Å². The second-order valence-electron chi connectivity index (χ2n) is 4.96. The lowest BCUT2D eigenvalue weighted by Crippen LogP contribution is -2.27. The van der Waals surface area contributed by atoms with Crippen LogP contribution in [0, 0.1) is 0 Å². The molecule has 0 unspecified atom stereocenters. The second-order valence-corrected chi connectivity index (χ2v) is 4.96. The first-order valence-electron chi connectivity index (χ1n) is 7.00. The first-order valence-corrected chi connectivity index (χ1v) is 7.00. The van der Waals surface area contributed by atoms with Gasteiger partial charge in [0.15, 0.2) is 11.5 Å². The molecule has 0 saturated heterocycles. The third kappa shape index (κ3) is 3.06. The molecule has 0 fully saturated rings. The Balaban J connectivity index is 2.63. The van der Waals surface area contributed by atoms with Gasteiger partial charge in [-0.05, 0) is 30.7 Å². The molecule has 4 N–H and O–H groups in total. The van der Waals surface area contributed by atoms with Crippen LogP contribution in [0.1, 0.15) is 16.7 Å². The monoisotopic (exact) mass is 303 g/mol. The fourth-order valence-electron chi connectivity index (χ4n) is 2.42. The van der Waals surface area contributed by atoms with Gasteiger partial charge in [-0.15, -0.1) is 0 Å². The molecule has 0 atom stereocenters. The van der Waals surface area contributed by atoms with Crippen molar-refractivity contribution in [3.63, 3.8) is 0 Å². The van der Waals surface area contributed by atoms with Crippen molar-refractivity contribution in [1.82, 2.24) is 0 Å². The van der Waals surface area contributed by atoms with Crippen LogP contribution in [0.15, 0.2) is 42.5 Å². The van der Waals surface area contributed by atoms with Crippen LogP contribution in [0.4, 0.5) is 0 Å². The molecule has 0 aliphatic rings. The van der Waals surface area contributed by atoms with E-state index in [-0.39, 0.29) is 11.3 Å². The lowest BCUT2D eigenvalue weighted by molar-refractivity contribution is -0.133. The first-order chi connectivity index (χ1) is 10.5. The summed E-state index contributed by atoms with van der Waals surface area (Å²) in [5.41, 5.74) is 7.02. The van der Waals surface area contributed by atoms with E-state index in [4.69, 9.17) is 15.2 Å². The van der Waals surface area contributed by atoms with Crippen molar-refractivity contribution in [2.24, 2.45) is 5.73 Å². The van der Waals surface area contributed by atoms with E-state index in [0.717, 1.165) is 5.56 Å². The molecule has 118 valence electrons. The molecule has 0 radical (unpaired) electrons. The summed E-state index contributed by atoms with van der Waals surface area (Å²) >= 11 is 0. The topological polar surface area (TPSA) is 84.9 Å². The zero-order valence-corrected chi connectivity index (χ0v) is 12.7. The Labute approximate surface area is 129 Å². The Morgan fingerprint density at radius 1 is 1.05 bits per heavy atom. The highest BCUT2D eigenvalue weighted by atomic mass is 16.5. The fourth-order valence-corrected chi connectivity index (χ4v) is 2.42. The van der Waals surface area contributed by atoms with E-state index in [1.807, 2.05) is 6.07 Å². The third-order valence-corrected chi connectivity index (χ3v) is 3.52. The number of rotatable bonds is 6. The molecule has 22 heavy (non-hydrogen) atoms. The van der Waals surface area contributed by atoms with Crippen molar-refractivity contribution in [2.45, 2.75) is 12.2 Å². The van der Waals surface area contributed by atoms with Crippen molar-refractivity contribution < 1.29 is 19.7 Å². The first kappa shape index (κ1) is 16.3. The molecule has 5 heteroatoms. The average Bonchev–Trinajstić information content (AvgIpc) is 2.55. The molecule has 0 amide bonds. The van der Waals surface area contributed by atoms with Crippen LogP contribution < -0.4 is 15.2 Å². The van der Waals surface area contributed by atoms with Gasteiger partial charge in [-0.1, -0.05) is 30.3 Å². The Morgan fingerprint density at radius 2 is 1.73 bits per heavy atom. The highest BCUT2D eigenvalue weighted by Crippen LogP contribution is 2.40. The highest BCUT2D eigenvalue weighted by Gasteiger charge is 2.33. The fraction of sp³-hybridized carbons (Fsp3) is 0.294.